The van der Waals surface area contributed by atoms with E-state index in [0.29, 0.717) is 48.7 Å². The van der Waals surface area contributed by atoms with Gasteiger partial charge in [-0.2, -0.15) is 9.97 Å². The Hall–Kier alpha value is -3.59. The standard InChI is InChI=1S/C34H37F3N6O4S/c1-2-22-25(36)6-5-19-11-21(44)12-23(26(19)22)28-27(37)29-24(14-39-28)30(31-33(7-3-9-38-16-33)17-40-48(31,45)46)42-32(41-29)47-18-34-8-4-10-43(34)15-20(35)13-34/h5-6,11-12,14,20,31,38,40,44H,2-4,7-10,13,15-18H2,1H3/t20-,31?,33?,34+/m1/s1. The van der Waals surface area contributed by atoms with Gasteiger partial charge in [-0.05, 0) is 79.7 Å². The van der Waals surface area contributed by atoms with Gasteiger partial charge in [0.1, 0.15) is 40.8 Å². The monoisotopic (exact) mass is 682 g/mol. The van der Waals surface area contributed by atoms with Crippen molar-refractivity contribution in [3.05, 3.63) is 53.4 Å². The molecule has 4 aromatic rings. The number of aromatic hydroxyl groups is 1. The molecule has 4 aliphatic rings. The third-order valence-electron chi connectivity index (χ3n) is 10.9. The van der Waals surface area contributed by atoms with Crippen molar-refractivity contribution in [3.63, 3.8) is 0 Å². The molecule has 0 amide bonds. The lowest BCUT2D eigenvalue weighted by Gasteiger charge is -2.37. The number of pyridine rings is 1. The van der Waals surface area contributed by atoms with E-state index in [1.807, 2.05) is 0 Å². The number of nitrogens with one attached hydrogen (secondary N) is 2. The SMILES string of the molecule is CCc1c(F)ccc2cc(O)cc(-c3ncc4c(C5C6(CCCNC6)CNS5(=O)=O)nc(OC[C@@]56CCCN5C[C@H](F)C6)nc4c3F)c12. The maximum absolute atomic E-state index is 17.0. The third-order valence-corrected chi connectivity index (χ3v) is 12.8. The van der Waals surface area contributed by atoms with Crippen LogP contribution in [-0.2, 0) is 16.4 Å². The van der Waals surface area contributed by atoms with Gasteiger partial charge in [-0.1, -0.05) is 13.0 Å². The van der Waals surface area contributed by atoms with Crippen molar-refractivity contribution in [2.24, 2.45) is 5.41 Å². The Labute approximate surface area is 276 Å². The molecule has 10 nitrogen and oxygen atoms in total. The largest absolute Gasteiger partial charge is 0.508 e. The summed E-state index contributed by atoms with van der Waals surface area (Å²) in [6.07, 6.45) is 3.94. The van der Waals surface area contributed by atoms with Crippen LogP contribution >= 0.6 is 0 Å². The van der Waals surface area contributed by atoms with E-state index in [-0.39, 0.29) is 52.8 Å². The first-order chi connectivity index (χ1) is 23.0. The summed E-state index contributed by atoms with van der Waals surface area (Å²) >= 11 is 0. The molecule has 4 atom stereocenters. The maximum Gasteiger partial charge on any atom is 0.317 e. The minimum atomic E-state index is -3.95. The van der Waals surface area contributed by atoms with Gasteiger partial charge in [-0.3, -0.25) is 9.88 Å². The average Bonchev–Trinajstić information content (AvgIpc) is 3.67. The number of nitrogens with zero attached hydrogens (tertiary/aromatic N) is 4. The quantitative estimate of drug-likeness (QED) is 0.265. The highest BCUT2D eigenvalue weighted by molar-refractivity contribution is 7.90. The van der Waals surface area contributed by atoms with Gasteiger partial charge in [0, 0.05) is 48.6 Å². The fourth-order valence-corrected chi connectivity index (χ4v) is 10.8. The van der Waals surface area contributed by atoms with Crippen molar-refractivity contribution in [3.8, 4) is 23.0 Å². The van der Waals surface area contributed by atoms with Crippen LogP contribution in [0.5, 0.6) is 11.8 Å². The van der Waals surface area contributed by atoms with Crippen LogP contribution in [0.1, 0.15) is 55.5 Å². The molecule has 0 saturated carbocycles. The number of hydrogen-bond donors (Lipinski definition) is 3. The number of ether oxygens (including phenoxy) is 1. The van der Waals surface area contributed by atoms with Gasteiger partial charge in [-0.15, -0.1) is 0 Å². The van der Waals surface area contributed by atoms with Gasteiger partial charge in [-0.25, -0.2) is 26.3 Å². The number of benzene rings is 2. The summed E-state index contributed by atoms with van der Waals surface area (Å²) in [5.41, 5.74) is -1.09. The van der Waals surface area contributed by atoms with Crippen molar-refractivity contribution in [1.29, 1.82) is 0 Å². The lowest BCUT2D eigenvalue weighted by atomic mass is 9.76. The number of sulfonamides is 1. The average molecular weight is 683 g/mol. The highest BCUT2D eigenvalue weighted by Gasteiger charge is 2.55. The summed E-state index contributed by atoms with van der Waals surface area (Å²) in [6.45, 7) is 4.27. The lowest BCUT2D eigenvalue weighted by Crippen LogP contribution is -2.45. The number of hydrogen-bond acceptors (Lipinski definition) is 9. The molecule has 48 heavy (non-hydrogen) atoms. The Kier molecular flexibility index (Phi) is 7.58. The van der Waals surface area contributed by atoms with E-state index in [1.165, 1.54) is 30.5 Å². The molecule has 254 valence electrons. The summed E-state index contributed by atoms with van der Waals surface area (Å²) in [5.74, 6) is -1.51. The normalized spacial score (nSPS) is 28.5. The second-order valence-corrected chi connectivity index (χ2v) is 15.6. The van der Waals surface area contributed by atoms with Crippen LogP contribution in [0.25, 0.3) is 32.9 Å². The number of phenols is 1. The van der Waals surface area contributed by atoms with Gasteiger partial charge >= 0.3 is 6.01 Å². The third kappa shape index (κ3) is 4.93. The van der Waals surface area contributed by atoms with Crippen molar-refractivity contribution in [1.82, 2.24) is 29.9 Å². The minimum absolute atomic E-state index is 0.0661. The van der Waals surface area contributed by atoms with E-state index in [2.05, 4.69) is 29.9 Å². The number of aromatic nitrogens is 3. The zero-order chi connectivity index (χ0) is 33.4. The van der Waals surface area contributed by atoms with E-state index in [4.69, 9.17) is 4.74 Å². The van der Waals surface area contributed by atoms with Gasteiger partial charge < -0.3 is 15.2 Å². The highest BCUT2D eigenvalue weighted by atomic mass is 32.2. The van der Waals surface area contributed by atoms with Crippen LogP contribution in [0.2, 0.25) is 0 Å². The first kappa shape index (κ1) is 31.7. The molecule has 2 unspecified atom stereocenters. The molecule has 6 heterocycles. The number of alkyl halides is 1. The van der Waals surface area contributed by atoms with Crippen molar-refractivity contribution in [2.45, 2.75) is 62.4 Å². The number of piperidine rings is 1. The molecule has 2 aromatic heterocycles. The van der Waals surface area contributed by atoms with Crippen LogP contribution in [0.15, 0.2) is 30.5 Å². The smallest absolute Gasteiger partial charge is 0.317 e. The minimum Gasteiger partial charge on any atom is -0.508 e. The summed E-state index contributed by atoms with van der Waals surface area (Å²) in [5, 5.41) is 13.8. The van der Waals surface area contributed by atoms with Gasteiger partial charge in [0.15, 0.2) is 5.82 Å². The summed E-state index contributed by atoms with van der Waals surface area (Å²) in [6, 6.07) is 5.44. The topological polar surface area (TPSA) is 130 Å². The Morgan fingerprint density at radius 2 is 2.00 bits per heavy atom. The van der Waals surface area contributed by atoms with E-state index in [0.717, 1.165) is 32.4 Å². The molecule has 8 rings (SSSR count). The number of phenolic OH excluding ortho intramolecular Hbond substituents is 1. The first-order valence-electron chi connectivity index (χ1n) is 16.6. The fraction of sp³-hybridized carbons (Fsp3) is 0.500. The molecule has 0 bridgehead atoms. The van der Waals surface area contributed by atoms with Crippen molar-refractivity contribution >= 4 is 31.7 Å². The van der Waals surface area contributed by atoms with E-state index >= 15 is 8.78 Å². The van der Waals surface area contributed by atoms with Gasteiger partial charge in [0.05, 0.1) is 11.2 Å². The van der Waals surface area contributed by atoms with Crippen molar-refractivity contribution < 1.29 is 31.4 Å². The Bertz CT molecular complexity index is 2060. The molecule has 3 N–H and O–H groups in total. The van der Waals surface area contributed by atoms with E-state index in [9.17, 15) is 17.9 Å². The highest BCUT2D eigenvalue weighted by Crippen LogP contribution is 2.50. The Morgan fingerprint density at radius 1 is 1.15 bits per heavy atom. The molecule has 2 aromatic carbocycles. The van der Waals surface area contributed by atoms with Crippen LogP contribution in [0, 0.1) is 17.0 Å². The number of aryl methyl sites for hydroxylation is 1. The van der Waals surface area contributed by atoms with E-state index < -0.39 is 44.0 Å². The molecule has 0 radical (unpaired) electrons. The van der Waals surface area contributed by atoms with Crippen LogP contribution in [0.4, 0.5) is 13.2 Å². The first-order valence-corrected chi connectivity index (χ1v) is 18.1. The second-order valence-electron chi connectivity index (χ2n) is 13.8. The number of halogens is 3. The molecule has 0 aliphatic carbocycles. The summed E-state index contributed by atoms with van der Waals surface area (Å²) in [4.78, 5) is 15.7. The zero-order valence-corrected chi connectivity index (χ0v) is 27.3. The number of rotatable bonds is 6. The zero-order valence-electron chi connectivity index (χ0n) is 26.5. The molecule has 4 fully saturated rings. The lowest BCUT2D eigenvalue weighted by molar-refractivity contribution is 0.107. The van der Waals surface area contributed by atoms with Crippen molar-refractivity contribution in [2.75, 3.05) is 39.3 Å². The Balaban J connectivity index is 1.33. The molecule has 4 aliphatic heterocycles. The van der Waals surface area contributed by atoms with E-state index in [1.54, 1.807) is 6.92 Å². The molecular formula is C34H37F3N6O4S. The number of fused-ring (bicyclic) bond motifs is 3. The molecular weight excluding hydrogens is 645 g/mol. The second kappa shape index (κ2) is 11.5. The van der Waals surface area contributed by atoms with Crippen LogP contribution in [0.3, 0.4) is 0 Å². The Morgan fingerprint density at radius 3 is 2.79 bits per heavy atom. The van der Waals surface area contributed by atoms with Crippen LogP contribution < -0.4 is 14.8 Å². The predicted molar refractivity (Wildman–Crippen MR) is 174 cm³/mol. The maximum atomic E-state index is 17.0. The molecule has 4 saturated heterocycles. The molecule has 1 spiro atoms. The van der Waals surface area contributed by atoms with Gasteiger partial charge in [0.2, 0.25) is 10.0 Å². The fourth-order valence-electron chi connectivity index (χ4n) is 8.74. The van der Waals surface area contributed by atoms with Crippen LogP contribution in [-0.4, -0.2) is 84.4 Å². The van der Waals surface area contributed by atoms with Gasteiger partial charge in [0.25, 0.3) is 0 Å². The summed E-state index contributed by atoms with van der Waals surface area (Å²) in [7, 11) is -3.95. The predicted octanol–water partition coefficient (Wildman–Crippen LogP) is 4.69. The molecule has 14 heteroatoms. The summed E-state index contributed by atoms with van der Waals surface area (Å²) < 4.78 is 83.0.